The zero-order valence-electron chi connectivity index (χ0n) is 9.15. The summed E-state index contributed by atoms with van der Waals surface area (Å²) >= 11 is -0.162. The molecule has 1 aliphatic carbocycles. The smallest absolute Gasteiger partial charge is 0.193 e. The summed E-state index contributed by atoms with van der Waals surface area (Å²) in [7, 11) is 0. The van der Waals surface area contributed by atoms with Crippen molar-refractivity contribution in [3.05, 3.63) is 55.2 Å². The fourth-order valence-electron chi connectivity index (χ4n) is 1.69. The van der Waals surface area contributed by atoms with Crippen LogP contribution >= 0.6 is 0 Å². The highest BCUT2D eigenvalue weighted by Crippen LogP contribution is 2.19. The van der Waals surface area contributed by atoms with Crippen LogP contribution in [-0.2, 0) is 0 Å². The van der Waals surface area contributed by atoms with E-state index in [1.165, 1.54) is 7.15 Å². The first-order chi connectivity index (χ1) is 7.81. The molecular weight excluding hydrogens is 309 g/mol. The summed E-state index contributed by atoms with van der Waals surface area (Å²) < 4.78 is 2.77. The van der Waals surface area contributed by atoms with Crippen LogP contribution in [0, 0.1) is 20.8 Å². The molecule has 0 aliphatic heterocycles. The van der Waals surface area contributed by atoms with Gasteiger partial charge in [-0.15, -0.1) is 0 Å². The third-order valence-corrected chi connectivity index (χ3v) is 5.56. The SMILES string of the molecule is CC1C=CCC([I+]c2ccccc2)=C1C#N. The first kappa shape index (κ1) is 11.4. The summed E-state index contributed by atoms with van der Waals surface area (Å²) in [5, 5.41) is 9.19. The molecule has 0 N–H and O–H groups in total. The van der Waals surface area contributed by atoms with E-state index in [4.69, 9.17) is 0 Å². The molecule has 2 rings (SSSR count). The van der Waals surface area contributed by atoms with E-state index < -0.39 is 0 Å². The molecule has 0 spiro atoms. The Bertz CT molecular complexity index is 465. The molecule has 0 fully saturated rings. The summed E-state index contributed by atoms with van der Waals surface area (Å²) in [5.41, 5.74) is 0.999. The Kier molecular flexibility index (Phi) is 3.79. The number of rotatable bonds is 2. The van der Waals surface area contributed by atoms with Gasteiger partial charge in [-0.3, -0.25) is 0 Å². The molecule has 80 valence electrons. The Morgan fingerprint density at radius 3 is 2.75 bits per heavy atom. The number of halogens is 1. The van der Waals surface area contributed by atoms with Crippen molar-refractivity contribution in [3.8, 4) is 6.07 Å². The summed E-state index contributed by atoms with van der Waals surface area (Å²) in [4.78, 5) is 0. The van der Waals surface area contributed by atoms with Crippen molar-refractivity contribution in [2.75, 3.05) is 0 Å². The maximum absolute atomic E-state index is 9.19. The Morgan fingerprint density at radius 1 is 1.31 bits per heavy atom. The van der Waals surface area contributed by atoms with Crippen molar-refractivity contribution in [3.63, 3.8) is 0 Å². The van der Waals surface area contributed by atoms with E-state index in [0.717, 1.165) is 12.0 Å². The minimum Gasteiger partial charge on any atom is -0.193 e. The number of hydrogen-bond donors (Lipinski definition) is 0. The quantitative estimate of drug-likeness (QED) is 0.568. The second-order valence-electron chi connectivity index (χ2n) is 3.74. The van der Waals surface area contributed by atoms with E-state index in [2.05, 4.69) is 49.4 Å². The topological polar surface area (TPSA) is 23.8 Å². The Labute approximate surface area is 107 Å². The average molecular weight is 322 g/mol. The Balaban J connectivity index is 2.24. The highest BCUT2D eigenvalue weighted by atomic mass is 127. The van der Waals surface area contributed by atoms with Crippen LogP contribution in [0.5, 0.6) is 0 Å². The lowest BCUT2D eigenvalue weighted by Crippen LogP contribution is -3.61. The largest absolute Gasteiger partial charge is 0.354 e. The minimum absolute atomic E-state index is 0.162. The Hall–Kier alpha value is -1.08. The molecule has 1 atom stereocenters. The van der Waals surface area contributed by atoms with E-state index >= 15 is 0 Å². The van der Waals surface area contributed by atoms with Crippen molar-refractivity contribution in [2.24, 2.45) is 5.92 Å². The number of nitriles is 1. The van der Waals surface area contributed by atoms with E-state index in [1.807, 2.05) is 6.07 Å². The van der Waals surface area contributed by atoms with Gasteiger partial charge in [0.05, 0.1) is 11.6 Å². The molecule has 1 aliphatic rings. The maximum Gasteiger partial charge on any atom is 0.354 e. The minimum atomic E-state index is -0.162. The van der Waals surface area contributed by atoms with Gasteiger partial charge in [-0.2, -0.15) is 5.26 Å². The lowest BCUT2D eigenvalue weighted by atomic mass is 9.96. The molecule has 1 aromatic rings. The van der Waals surface area contributed by atoms with Crippen LogP contribution in [0.3, 0.4) is 0 Å². The first-order valence-electron chi connectivity index (χ1n) is 5.31. The summed E-state index contributed by atoms with van der Waals surface area (Å²) in [6.45, 7) is 2.10. The molecule has 0 radical (unpaired) electrons. The zero-order chi connectivity index (χ0) is 11.4. The van der Waals surface area contributed by atoms with Crippen LogP contribution in [0.25, 0.3) is 0 Å². The van der Waals surface area contributed by atoms with Crippen LogP contribution in [0.1, 0.15) is 13.3 Å². The Morgan fingerprint density at radius 2 is 2.06 bits per heavy atom. The molecule has 0 heterocycles. The van der Waals surface area contributed by atoms with E-state index in [-0.39, 0.29) is 21.2 Å². The van der Waals surface area contributed by atoms with Crippen LogP contribution in [0.2, 0.25) is 0 Å². The van der Waals surface area contributed by atoms with Crippen LogP contribution in [0.15, 0.2) is 51.6 Å². The first-order valence-corrected chi connectivity index (χ1v) is 7.46. The fraction of sp³-hybridized carbons (Fsp3) is 0.214. The van der Waals surface area contributed by atoms with E-state index in [1.54, 1.807) is 0 Å². The predicted molar refractivity (Wildman–Crippen MR) is 60.7 cm³/mol. The zero-order valence-corrected chi connectivity index (χ0v) is 11.3. The third-order valence-electron chi connectivity index (χ3n) is 2.55. The number of nitrogens with zero attached hydrogens (tertiary/aromatic N) is 1. The maximum atomic E-state index is 9.19. The molecular formula is C14H13IN+. The van der Waals surface area contributed by atoms with Gasteiger partial charge in [0.1, 0.15) is 0 Å². The van der Waals surface area contributed by atoms with Gasteiger partial charge in [0.15, 0.2) is 7.15 Å². The van der Waals surface area contributed by atoms with Crippen LogP contribution in [-0.4, -0.2) is 0 Å². The molecule has 0 aromatic heterocycles. The highest BCUT2D eigenvalue weighted by Gasteiger charge is 2.27. The molecule has 0 amide bonds. The van der Waals surface area contributed by atoms with Gasteiger partial charge in [0.2, 0.25) is 0 Å². The normalized spacial score (nSPS) is 19.6. The summed E-state index contributed by atoms with van der Waals surface area (Å²) in [5.74, 6) is 0.303. The number of allylic oxidation sites excluding steroid dienone is 4. The highest BCUT2D eigenvalue weighted by molar-refractivity contribution is 5.33. The standard InChI is InChI=1S/C14H13IN/c1-11-6-5-9-14(13(11)10-16)15-12-7-3-2-4-8-12/h2-8,11H,9H2,1H3/q+1. The van der Waals surface area contributed by atoms with Gasteiger partial charge < -0.3 is 0 Å². The molecule has 16 heavy (non-hydrogen) atoms. The van der Waals surface area contributed by atoms with Crippen molar-refractivity contribution in [1.82, 2.24) is 0 Å². The predicted octanol–water partition coefficient (Wildman–Crippen LogP) is 0.319. The second-order valence-corrected chi connectivity index (χ2v) is 6.83. The third kappa shape index (κ3) is 2.53. The van der Waals surface area contributed by atoms with E-state index in [9.17, 15) is 5.26 Å². The van der Waals surface area contributed by atoms with Gasteiger partial charge in [-0.1, -0.05) is 37.3 Å². The summed E-state index contributed by atoms with van der Waals surface area (Å²) in [6, 6.07) is 12.9. The van der Waals surface area contributed by atoms with Crippen molar-refractivity contribution >= 4 is 0 Å². The molecule has 1 unspecified atom stereocenters. The van der Waals surface area contributed by atoms with Gasteiger partial charge >= 0.3 is 21.2 Å². The van der Waals surface area contributed by atoms with Crippen molar-refractivity contribution in [1.29, 1.82) is 5.26 Å². The van der Waals surface area contributed by atoms with Crippen LogP contribution < -0.4 is 21.2 Å². The average Bonchev–Trinajstić information content (AvgIpc) is 2.31. The molecule has 0 bridgehead atoms. The molecule has 0 saturated heterocycles. The molecule has 1 aromatic carbocycles. The monoisotopic (exact) mass is 322 g/mol. The van der Waals surface area contributed by atoms with Crippen molar-refractivity contribution < 1.29 is 21.2 Å². The van der Waals surface area contributed by atoms with Crippen LogP contribution in [0.4, 0.5) is 0 Å². The second kappa shape index (κ2) is 5.31. The molecule has 1 nitrogen and oxygen atoms in total. The molecule has 0 saturated carbocycles. The van der Waals surface area contributed by atoms with Crippen molar-refractivity contribution in [2.45, 2.75) is 13.3 Å². The van der Waals surface area contributed by atoms with Gasteiger partial charge in [-0.25, -0.2) is 0 Å². The number of benzene rings is 1. The van der Waals surface area contributed by atoms with Gasteiger partial charge in [-0.05, 0) is 12.1 Å². The van der Waals surface area contributed by atoms with E-state index in [0.29, 0.717) is 5.92 Å². The van der Waals surface area contributed by atoms with Gasteiger partial charge in [0.25, 0.3) is 0 Å². The lowest BCUT2D eigenvalue weighted by Gasteiger charge is -2.08. The fourth-order valence-corrected chi connectivity index (χ4v) is 4.59. The molecule has 2 heteroatoms. The lowest BCUT2D eigenvalue weighted by molar-refractivity contribution is -0.579. The number of hydrogen-bond acceptors (Lipinski definition) is 1. The van der Waals surface area contributed by atoms with Gasteiger partial charge in [0, 0.05) is 12.3 Å². The summed E-state index contributed by atoms with van der Waals surface area (Å²) in [6.07, 6.45) is 5.30.